The first-order valence-corrected chi connectivity index (χ1v) is 17.7. The number of hydrogen-bond donors (Lipinski definition) is 1. The van der Waals surface area contributed by atoms with Gasteiger partial charge in [0.1, 0.15) is 14.3 Å². The minimum Gasteiger partial charge on any atom is -0.519 e. The molecule has 1 unspecified atom stereocenters. The first kappa shape index (κ1) is 20.0. The second kappa shape index (κ2) is 7.35. The van der Waals surface area contributed by atoms with Crippen LogP contribution in [0.3, 0.4) is 0 Å². The van der Waals surface area contributed by atoms with Crippen molar-refractivity contribution in [1.29, 1.82) is 0 Å². The van der Waals surface area contributed by atoms with Crippen molar-refractivity contribution in [3.63, 3.8) is 0 Å². The van der Waals surface area contributed by atoms with Crippen LogP contribution < -0.4 is 4.98 Å². The molecule has 4 nitrogen and oxygen atoms in total. The molecule has 0 amide bonds. The zero-order chi connectivity index (χ0) is 16.2. The maximum Gasteiger partial charge on any atom is 0.309 e. The molecule has 0 aromatic rings. The van der Waals surface area contributed by atoms with Gasteiger partial charge in [0.2, 0.25) is 8.32 Å². The smallest absolute Gasteiger partial charge is 0.309 e. The van der Waals surface area contributed by atoms with Crippen molar-refractivity contribution < 1.29 is 13.6 Å². The second-order valence-corrected chi connectivity index (χ2v) is 22.0. The van der Waals surface area contributed by atoms with Gasteiger partial charge in [-0.15, -0.1) is 0 Å². The van der Waals surface area contributed by atoms with Crippen LogP contribution in [0.1, 0.15) is 6.42 Å². The topological polar surface area (TPSA) is 47.6 Å². The van der Waals surface area contributed by atoms with Gasteiger partial charge >= 0.3 is 5.97 Å². The molecule has 0 fully saturated rings. The van der Waals surface area contributed by atoms with Crippen LogP contribution in [0.15, 0.2) is 0 Å². The number of hydrogen-bond acceptors (Lipinski definition) is 4. The van der Waals surface area contributed by atoms with E-state index in [9.17, 15) is 4.79 Å². The Bertz CT molecular complexity index is 316. The fraction of sp³-hybridized carbons (Fsp3) is 0.923. The summed E-state index contributed by atoms with van der Waals surface area (Å²) in [4.78, 5) is 15.8. The van der Waals surface area contributed by atoms with E-state index in [0.29, 0.717) is 13.0 Å². The second-order valence-electron chi connectivity index (χ2n) is 8.23. The Morgan fingerprint density at radius 2 is 1.45 bits per heavy atom. The molecular formula is C13H33NO3Si3. The lowest BCUT2D eigenvalue weighted by Crippen LogP contribution is -2.53. The highest BCUT2D eigenvalue weighted by molar-refractivity contribution is 6.74. The standard InChI is InChI=1S/C13H33NO3Si3/c1-18(2,3)14-12(10-11-16-19(4,5)6)13(15)17-20(7,8)9/h12,14H,10-11H2,1-9H3. The van der Waals surface area contributed by atoms with E-state index in [1.807, 2.05) is 19.6 Å². The average Bonchev–Trinajstić information content (AvgIpc) is 2.09. The van der Waals surface area contributed by atoms with E-state index < -0.39 is 24.9 Å². The molecule has 0 aliphatic carbocycles. The zero-order valence-electron chi connectivity index (χ0n) is 14.7. The predicted octanol–water partition coefficient (Wildman–Crippen LogP) is 3.40. The summed E-state index contributed by atoms with van der Waals surface area (Å²) in [5, 5.41) is 0. The summed E-state index contributed by atoms with van der Waals surface area (Å²) in [6, 6.07) is -0.232. The van der Waals surface area contributed by atoms with E-state index in [4.69, 9.17) is 8.85 Å². The van der Waals surface area contributed by atoms with E-state index in [1.54, 1.807) is 0 Å². The van der Waals surface area contributed by atoms with Gasteiger partial charge in [-0.2, -0.15) is 0 Å². The maximum atomic E-state index is 12.3. The number of carbonyl (C=O) groups excluding carboxylic acids is 1. The molecule has 0 aromatic carbocycles. The highest BCUT2D eigenvalue weighted by Gasteiger charge is 2.30. The van der Waals surface area contributed by atoms with Gasteiger partial charge in [0.25, 0.3) is 0 Å². The van der Waals surface area contributed by atoms with Crippen LogP contribution in [0.2, 0.25) is 58.9 Å². The Balaban J connectivity index is 4.61. The van der Waals surface area contributed by atoms with Crippen LogP contribution in [0.5, 0.6) is 0 Å². The van der Waals surface area contributed by atoms with E-state index in [2.05, 4.69) is 44.3 Å². The summed E-state index contributed by atoms with van der Waals surface area (Å²) in [5.74, 6) is -0.106. The molecule has 0 heterocycles. The van der Waals surface area contributed by atoms with E-state index >= 15 is 0 Å². The third-order valence-corrected chi connectivity index (χ3v) is 5.34. The van der Waals surface area contributed by atoms with Crippen LogP contribution in [0.4, 0.5) is 0 Å². The first-order valence-electron chi connectivity index (χ1n) is 7.34. The van der Waals surface area contributed by atoms with E-state index in [-0.39, 0.29) is 12.0 Å². The molecule has 120 valence electrons. The van der Waals surface area contributed by atoms with Gasteiger partial charge in [0, 0.05) is 6.61 Å². The van der Waals surface area contributed by atoms with Crippen molar-refractivity contribution >= 4 is 30.8 Å². The van der Waals surface area contributed by atoms with Crippen molar-refractivity contribution in [2.24, 2.45) is 0 Å². The Labute approximate surface area is 128 Å². The maximum absolute atomic E-state index is 12.3. The molecule has 0 saturated carbocycles. The number of nitrogens with one attached hydrogen (secondary N) is 1. The Kier molecular flexibility index (Phi) is 7.36. The van der Waals surface area contributed by atoms with Crippen LogP contribution in [-0.2, 0) is 13.6 Å². The summed E-state index contributed by atoms with van der Waals surface area (Å²) in [7, 11) is -4.90. The van der Waals surface area contributed by atoms with Crippen LogP contribution >= 0.6 is 0 Å². The van der Waals surface area contributed by atoms with Gasteiger partial charge in [-0.3, -0.25) is 4.79 Å². The highest BCUT2D eigenvalue weighted by atomic mass is 28.4. The van der Waals surface area contributed by atoms with Gasteiger partial charge in [-0.25, -0.2) is 0 Å². The third-order valence-electron chi connectivity index (χ3n) is 2.24. The minimum atomic E-state index is -1.84. The quantitative estimate of drug-likeness (QED) is 0.691. The molecule has 0 bridgehead atoms. The van der Waals surface area contributed by atoms with Gasteiger partial charge in [0.05, 0.1) is 0 Å². The summed E-state index contributed by atoms with van der Waals surface area (Å²) in [6.45, 7) is 19.8. The fourth-order valence-electron chi connectivity index (χ4n) is 1.63. The van der Waals surface area contributed by atoms with Crippen molar-refractivity contribution in [3.05, 3.63) is 0 Å². The van der Waals surface area contributed by atoms with Crippen LogP contribution in [0.25, 0.3) is 0 Å². The van der Waals surface area contributed by atoms with Gasteiger partial charge in [-0.05, 0) is 45.7 Å². The molecule has 1 atom stereocenters. The monoisotopic (exact) mass is 335 g/mol. The fourth-order valence-corrected chi connectivity index (χ4v) is 4.41. The lowest BCUT2D eigenvalue weighted by molar-refractivity contribution is -0.137. The summed E-state index contributed by atoms with van der Waals surface area (Å²) in [5.41, 5.74) is 0. The summed E-state index contributed by atoms with van der Waals surface area (Å²) >= 11 is 0. The number of carbonyl (C=O) groups is 1. The molecule has 1 N–H and O–H groups in total. The highest BCUT2D eigenvalue weighted by Crippen LogP contribution is 2.11. The lowest BCUT2D eigenvalue weighted by Gasteiger charge is -2.29. The van der Waals surface area contributed by atoms with Crippen LogP contribution in [0, 0.1) is 0 Å². The molecule has 0 radical (unpaired) electrons. The first-order chi connectivity index (χ1) is 8.70. The van der Waals surface area contributed by atoms with Crippen molar-refractivity contribution in [2.75, 3.05) is 6.61 Å². The Morgan fingerprint density at radius 1 is 0.950 bits per heavy atom. The SMILES string of the molecule is C[Si](C)(C)NC(CCO[Si](C)(C)C)C(=O)O[Si](C)(C)C. The molecular weight excluding hydrogens is 302 g/mol. The normalized spacial score (nSPS) is 15.1. The van der Waals surface area contributed by atoms with Crippen molar-refractivity contribution in [1.82, 2.24) is 4.98 Å². The molecule has 7 heteroatoms. The molecule has 0 aromatic heterocycles. The molecule has 0 aliphatic heterocycles. The summed E-state index contributed by atoms with van der Waals surface area (Å²) in [6.07, 6.45) is 0.692. The molecule has 0 rings (SSSR count). The molecule has 20 heavy (non-hydrogen) atoms. The zero-order valence-corrected chi connectivity index (χ0v) is 17.7. The predicted molar refractivity (Wildman–Crippen MR) is 93.6 cm³/mol. The average molecular weight is 336 g/mol. The van der Waals surface area contributed by atoms with Gasteiger partial charge in [0.15, 0.2) is 8.32 Å². The number of rotatable bonds is 8. The van der Waals surface area contributed by atoms with E-state index in [1.165, 1.54) is 0 Å². The molecule has 0 spiro atoms. The van der Waals surface area contributed by atoms with E-state index in [0.717, 1.165) is 0 Å². The van der Waals surface area contributed by atoms with Gasteiger partial charge in [-0.1, -0.05) is 19.6 Å². The van der Waals surface area contributed by atoms with Crippen LogP contribution in [-0.4, -0.2) is 43.5 Å². The lowest BCUT2D eigenvalue weighted by atomic mass is 10.2. The largest absolute Gasteiger partial charge is 0.519 e. The summed E-state index contributed by atoms with van der Waals surface area (Å²) < 4.78 is 11.5. The van der Waals surface area contributed by atoms with Crippen molar-refractivity contribution in [2.45, 2.75) is 71.4 Å². The third kappa shape index (κ3) is 11.8. The molecule has 0 aliphatic rings. The van der Waals surface area contributed by atoms with Gasteiger partial charge < -0.3 is 13.8 Å². The van der Waals surface area contributed by atoms with Crippen molar-refractivity contribution in [3.8, 4) is 0 Å². The molecule has 0 saturated heterocycles. The Hall–Kier alpha value is 0.0406. The minimum absolute atomic E-state index is 0.106. The Morgan fingerprint density at radius 3 is 1.80 bits per heavy atom.